The van der Waals surface area contributed by atoms with Crippen LogP contribution in [-0.4, -0.2) is 44.0 Å². The van der Waals surface area contributed by atoms with Gasteiger partial charge in [0.15, 0.2) is 5.82 Å². The van der Waals surface area contributed by atoms with Crippen molar-refractivity contribution in [3.63, 3.8) is 0 Å². The second-order valence-corrected chi connectivity index (χ2v) is 6.50. The summed E-state index contributed by atoms with van der Waals surface area (Å²) in [5.41, 5.74) is 0.987. The zero-order chi connectivity index (χ0) is 14.8. The first-order valence-electron chi connectivity index (χ1n) is 6.95. The Morgan fingerprint density at radius 1 is 1.43 bits per heavy atom. The lowest BCUT2D eigenvalue weighted by Gasteiger charge is -2.29. The average molecular weight is 369 g/mol. The van der Waals surface area contributed by atoms with Crippen LogP contribution in [0, 0.1) is 4.77 Å². The molecular formula is C14H17BrN4OS. The van der Waals surface area contributed by atoms with Crippen molar-refractivity contribution in [1.82, 2.24) is 19.7 Å². The fourth-order valence-corrected chi connectivity index (χ4v) is 3.25. The lowest BCUT2D eigenvalue weighted by Crippen LogP contribution is -2.39. The maximum absolute atomic E-state index is 9.74. The lowest BCUT2D eigenvalue weighted by molar-refractivity contribution is 0.0514. The van der Waals surface area contributed by atoms with Crippen LogP contribution in [0.5, 0.6) is 0 Å². The Kier molecular flexibility index (Phi) is 4.54. The molecule has 1 aromatic heterocycles. The number of halogens is 1. The second kappa shape index (κ2) is 6.39. The van der Waals surface area contributed by atoms with E-state index in [9.17, 15) is 5.11 Å². The smallest absolute Gasteiger partial charge is 0.217 e. The molecule has 0 bridgehead atoms. The number of aliphatic hydroxyl groups excluding tert-OH is 1. The number of piperidine rings is 1. The van der Waals surface area contributed by atoms with Gasteiger partial charge in [0.25, 0.3) is 0 Å². The highest BCUT2D eigenvalue weighted by Gasteiger charge is 2.18. The summed E-state index contributed by atoms with van der Waals surface area (Å²) in [5.74, 6) is 0.755. The quantitative estimate of drug-likeness (QED) is 0.817. The maximum Gasteiger partial charge on any atom is 0.217 e. The van der Waals surface area contributed by atoms with Crippen LogP contribution in [0.25, 0.3) is 11.4 Å². The summed E-state index contributed by atoms with van der Waals surface area (Å²) in [4.78, 5) is 6.62. The van der Waals surface area contributed by atoms with Gasteiger partial charge < -0.3 is 5.11 Å². The van der Waals surface area contributed by atoms with Gasteiger partial charge in [-0.3, -0.25) is 10.00 Å². The predicted octanol–water partition coefficient (Wildman–Crippen LogP) is 2.78. The van der Waals surface area contributed by atoms with Crippen molar-refractivity contribution in [3.8, 4) is 11.4 Å². The third-order valence-corrected chi connectivity index (χ3v) is 4.63. The summed E-state index contributed by atoms with van der Waals surface area (Å²) in [6, 6.07) is 7.91. The van der Waals surface area contributed by atoms with Crippen LogP contribution in [0.3, 0.4) is 0 Å². The van der Waals surface area contributed by atoms with E-state index in [0.29, 0.717) is 18.0 Å². The molecule has 1 aromatic carbocycles. The summed E-state index contributed by atoms with van der Waals surface area (Å²) >= 11 is 8.86. The van der Waals surface area contributed by atoms with E-state index in [0.717, 1.165) is 35.2 Å². The second-order valence-electron chi connectivity index (χ2n) is 5.28. The molecule has 1 saturated heterocycles. The first-order chi connectivity index (χ1) is 10.1. The van der Waals surface area contributed by atoms with Gasteiger partial charge in [0.2, 0.25) is 4.77 Å². The molecule has 0 amide bonds. The van der Waals surface area contributed by atoms with Gasteiger partial charge in [-0.25, -0.2) is 4.68 Å². The number of H-pyrrole nitrogens is 1. The molecule has 3 rings (SSSR count). The van der Waals surface area contributed by atoms with Gasteiger partial charge in [0.1, 0.15) is 0 Å². The molecule has 21 heavy (non-hydrogen) atoms. The van der Waals surface area contributed by atoms with E-state index in [2.05, 4.69) is 30.9 Å². The van der Waals surface area contributed by atoms with Gasteiger partial charge >= 0.3 is 0 Å². The SMILES string of the molecule is O[C@H]1CCCN(Cn2[nH]c(-c3ccccc3Br)nc2=S)C1. The molecular weight excluding hydrogens is 352 g/mol. The molecule has 0 spiro atoms. The Morgan fingerprint density at radius 2 is 2.24 bits per heavy atom. The summed E-state index contributed by atoms with van der Waals surface area (Å²) in [5, 5.41) is 13.0. The number of nitrogens with zero attached hydrogens (tertiary/aromatic N) is 3. The monoisotopic (exact) mass is 368 g/mol. The number of hydrogen-bond acceptors (Lipinski definition) is 4. The van der Waals surface area contributed by atoms with Crippen molar-refractivity contribution in [1.29, 1.82) is 0 Å². The van der Waals surface area contributed by atoms with Crippen LogP contribution in [0.1, 0.15) is 12.8 Å². The molecule has 1 aliphatic heterocycles. The van der Waals surface area contributed by atoms with Crippen molar-refractivity contribution < 1.29 is 5.11 Å². The van der Waals surface area contributed by atoms with E-state index in [1.54, 1.807) is 0 Å². The normalized spacial score (nSPS) is 19.8. The summed E-state index contributed by atoms with van der Waals surface area (Å²) < 4.78 is 3.36. The summed E-state index contributed by atoms with van der Waals surface area (Å²) in [6.45, 7) is 2.29. The molecule has 1 aliphatic rings. The zero-order valence-electron chi connectivity index (χ0n) is 11.5. The van der Waals surface area contributed by atoms with E-state index in [1.165, 1.54) is 0 Å². The van der Waals surface area contributed by atoms with Crippen LogP contribution >= 0.6 is 28.1 Å². The summed E-state index contributed by atoms with van der Waals surface area (Å²) in [6.07, 6.45) is 1.66. The molecule has 5 nitrogen and oxygen atoms in total. The number of benzene rings is 1. The van der Waals surface area contributed by atoms with Gasteiger partial charge in [0, 0.05) is 23.1 Å². The van der Waals surface area contributed by atoms with E-state index in [1.807, 2.05) is 28.9 Å². The average Bonchev–Trinajstić information content (AvgIpc) is 2.80. The predicted molar refractivity (Wildman–Crippen MR) is 87.4 cm³/mol. The minimum atomic E-state index is -0.237. The van der Waals surface area contributed by atoms with Crippen LogP contribution in [0.15, 0.2) is 28.7 Å². The standard InChI is InChI=1S/C14H17BrN4OS/c15-12-6-2-1-5-11(12)13-16-14(21)19(17-13)9-18-7-3-4-10(20)8-18/h1-2,5-6,10,20H,3-4,7-9H2,(H,16,17,21)/t10-/m0/s1. The van der Waals surface area contributed by atoms with Crippen LogP contribution in [-0.2, 0) is 6.67 Å². The number of nitrogens with one attached hydrogen (secondary N) is 1. The molecule has 2 heterocycles. The highest BCUT2D eigenvalue weighted by Crippen LogP contribution is 2.25. The number of likely N-dealkylation sites (tertiary alicyclic amines) is 1. The van der Waals surface area contributed by atoms with Crippen molar-refractivity contribution in [2.24, 2.45) is 0 Å². The minimum absolute atomic E-state index is 0.237. The topological polar surface area (TPSA) is 57.1 Å². The number of aliphatic hydroxyl groups is 1. The first kappa shape index (κ1) is 14.9. The molecule has 1 atom stereocenters. The molecule has 2 aromatic rings. The molecule has 0 unspecified atom stereocenters. The van der Waals surface area contributed by atoms with Crippen molar-refractivity contribution >= 4 is 28.1 Å². The molecule has 0 aliphatic carbocycles. The van der Waals surface area contributed by atoms with E-state index >= 15 is 0 Å². The molecule has 7 heteroatoms. The van der Waals surface area contributed by atoms with Crippen molar-refractivity contribution in [2.75, 3.05) is 13.1 Å². The largest absolute Gasteiger partial charge is 0.392 e. The van der Waals surface area contributed by atoms with Gasteiger partial charge in [-0.15, -0.1) is 0 Å². The molecule has 1 fully saturated rings. The van der Waals surface area contributed by atoms with Gasteiger partial charge in [-0.05, 0) is 31.1 Å². The Labute approximate surface area is 136 Å². The zero-order valence-corrected chi connectivity index (χ0v) is 13.9. The van der Waals surface area contributed by atoms with Crippen molar-refractivity contribution in [2.45, 2.75) is 25.6 Å². The van der Waals surface area contributed by atoms with E-state index in [-0.39, 0.29) is 6.10 Å². The van der Waals surface area contributed by atoms with Gasteiger partial charge in [-0.1, -0.05) is 34.1 Å². The fourth-order valence-electron chi connectivity index (χ4n) is 2.59. The number of β-amino-alcohol motifs (C(OH)–C–C–N with tert-alkyl or cyclic N) is 1. The van der Waals surface area contributed by atoms with Crippen LogP contribution in [0.4, 0.5) is 0 Å². The Balaban J connectivity index is 1.82. The van der Waals surface area contributed by atoms with Crippen LogP contribution in [0.2, 0.25) is 0 Å². The molecule has 112 valence electrons. The molecule has 0 radical (unpaired) electrons. The van der Waals surface area contributed by atoms with E-state index in [4.69, 9.17) is 12.2 Å². The Bertz CT molecular complexity index is 684. The maximum atomic E-state index is 9.74. The highest BCUT2D eigenvalue weighted by atomic mass is 79.9. The molecule has 2 N–H and O–H groups in total. The number of hydrogen-bond donors (Lipinski definition) is 2. The first-order valence-corrected chi connectivity index (χ1v) is 8.16. The molecule has 0 saturated carbocycles. The highest BCUT2D eigenvalue weighted by molar-refractivity contribution is 9.10. The lowest BCUT2D eigenvalue weighted by atomic mass is 10.1. The minimum Gasteiger partial charge on any atom is -0.392 e. The third kappa shape index (κ3) is 3.42. The van der Waals surface area contributed by atoms with Crippen LogP contribution < -0.4 is 0 Å². The number of aromatic amines is 1. The Hall–Kier alpha value is -1.02. The third-order valence-electron chi connectivity index (χ3n) is 3.63. The number of aromatic nitrogens is 3. The van der Waals surface area contributed by atoms with Gasteiger partial charge in [0.05, 0.1) is 12.8 Å². The van der Waals surface area contributed by atoms with Crippen molar-refractivity contribution in [3.05, 3.63) is 33.5 Å². The summed E-state index contributed by atoms with van der Waals surface area (Å²) in [7, 11) is 0. The van der Waals surface area contributed by atoms with Gasteiger partial charge in [-0.2, -0.15) is 4.98 Å². The fraction of sp³-hybridized carbons (Fsp3) is 0.429. The Morgan fingerprint density at radius 3 is 3.00 bits per heavy atom. The number of rotatable bonds is 3. The van der Waals surface area contributed by atoms with E-state index < -0.39 is 0 Å².